The normalized spacial score (nSPS) is 13.2. The van der Waals surface area contributed by atoms with Crippen molar-refractivity contribution in [1.82, 2.24) is 15.3 Å². The van der Waals surface area contributed by atoms with Gasteiger partial charge in [0.1, 0.15) is 0 Å². The average Bonchev–Trinajstić information content (AvgIpc) is 3.11. The lowest BCUT2D eigenvalue weighted by molar-refractivity contribution is 0.0696. The molecule has 0 bridgehead atoms. The van der Waals surface area contributed by atoms with E-state index in [0.717, 1.165) is 47.5 Å². The Morgan fingerprint density at radius 3 is 1.57 bits per heavy atom. The molecule has 276 valence electrons. The molecule has 6 rings (SSSR count). The topological polar surface area (TPSA) is 118 Å². The second-order valence-corrected chi connectivity index (χ2v) is 15.3. The summed E-state index contributed by atoms with van der Waals surface area (Å²) >= 11 is 0. The number of nitrogens with zero attached hydrogens (tertiary/aromatic N) is 2. The van der Waals surface area contributed by atoms with Crippen molar-refractivity contribution in [2.45, 2.75) is 78.3 Å². The van der Waals surface area contributed by atoms with Crippen LogP contribution in [0.3, 0.4) is 0 Å². The number of rotatable bonds is 11. The number of hydrogen-bond acceptors (Lipinski definition) is 5. The maximum absolute atomic E-state index is 12.9. The molecular weight excluding hydrogens is 657 g/mol. The quantitative estimate of drug-likeness (QED) is 0.123. The Balaban J connectivity index is 0.000000196. The number of pyridine rings is 2. The van der Waals surface area contributed by atoms with Gasteiger partial charge in [-0.05, 0) is 86.8 Å². The fraction of sp³-hybridized carbons (Fsp3) is 0.304. The molecule has 0 aliphatic carbocycles. The number of amides is 1. The Morgan fingerprint density at radius 1 is 0.642 bits per heavy atom. The Hall–Kier alpha value is -5.40. The monoisotopic (exact) mass is 710 g/mol. The fourth-order valence-electron chi connectivity index (χ4n) is 6.91. The number of carboxylic acid groups (broad SMARTS) is 1. The molecule has 4 N–H and O–H groups in total. The highest BCUT2D eigenvalue weighted by Crippen LogP contribution is 2.23. The van der Waals surface area contributed by atoms with Gasteiger partial charge < -0.3 is 16.2 Å². The summed E-state index contributed by atoms with van der Waals surface area (Å²) < 4.78 is 0. The number of nitrogens with one attached hydrogen (secondary N) is 1. The predicted molar refractivity (Wildman–Crippen MR) is 218 cm³/mol. The summed E-state index contributed by atoms with van der Waals surface area (Å²) in [5.74, 6) is 0.132. The standard InChI is InChI=1S/C23H26N2O.C13H21N.C10H7NO2/c1-17(2)14-23(3,15-18-9-5-4-6-10-18)25-22(26)20-13-19-11-7-8-12-21(19)24-16-20;1-11(2)9-13(3,14)10-12-7-5-4-6-8-12;12-10(13)8-5-7-3-1-2-4-9(7)11-6-8/h4-13,16-17H,14-15H2,1-3H3,(H,25,26);4-8,11H,9-10,14H2,1-3H3;1-6H,(H,12,13). The number of aromatic carboxylic acids is 1. The number of aromatic nitrogens is 2. The molecule has 0 aliphatic rings. The van der Waals surface area contributed by atoms with E-state index < -0.39 is 5.97 Å². The third kappa shape index (κ3) is 13.3. The Bertz CT molecular complexity index is 2060. The number of carboxylic acids is 1. The fourth-order valence-corrected chi connectivity index (χ4v) is 6.91. The largest absolute Gasteiger partial charge is 0.478 e. The van der Waals surface area contributed by atoms with Crippen molar-refractivity contribution < 1.29 is 14.7 Å². The molecular formula is C46H54N4O3. The molecule has 0 aliphatic heterocycles. The van der Waals surface area contributed by atoms with Crippen LogP contribution in [0.15, 0.2) is 134 Å². The molecule has 0 fully saturated rings. The van der Waals surface area contributed by atoms with Crippen molar-refractivity contribution in [2.24, 2.45) is 17.6 Å². The summed E-state index contributed by atoms with van der Waals surface area (Å²) in [5, 5.41) is 13.8. The number of carbonyl (C=O) groups is 2. The van der Waals surface area contributed by atoms with Crippen LogP contribution in [0, 0.1) is 11.8 Å². The first-order valence-corrected chi connectivity index (χ1v) is 18.3. The molecule has 2 atom stereocenters. The molecule has 2 aromatic heterocycles. The van der Waals surface area contributed by atoms with Gasteiger partial charge in [0.15, 0.2) is 0 Å². The van der Waals surface area contributed by atoms with Gasteiger partial charge in [-0.25, -0.2) is 4.79 Å². The van der Waals surface area contributed by atoms with Gasteiger partial charge in [0.25, 0.3) is 5.91 Å². The summed E-state index contributed by atoms with van der Waals surface area (Å²) in [6, 6.07) is 39.6. The molecule has 2 unspecified atom stereocenters. The number of carbonyl (C=O) groups excluding carboxylic acids is 1. The number of para-hydroxylation sites is 2. The van der Waals surface area contributed by atoms with Crippen LogP contribution in [0.4, 0.5) is 0 Å². The van der Waals surface area contributed by atoms with Crippen molar-refractivity contribution in [3.8, 4) is 0 Å². The van der Waals surface area contributed by atoms with Gasteiger partial charge in [-0.1, -0.05) is 125 Å². The van der Waals surface area contributed by atoms with E-state index in [4.69, 9.17) is 10.8 Å². The van der Waals surface area contributed by atoms with E-state index in [1.54, 1.807) is 12.3 Å². The number of fused-ring (bicyclic) bond motifs is 2. The number of hydrogen-bond donors (Lipinski definition) is 3. The summed E-state index contributed by atoms with van der Waals surface area (Å²) in [4.78, 5) is 32.0. The molecule has 1 amide bonds. The van der Waals surface area contributed by atoms with Crippen LogP contribution >= 0.6 is 0 Å². The van der Waals surface area contributed by atoms with Crippen molar-refractivity contribution in [2.75, 3.05) is 0 Å². The second kappa shape index (κ2) is 18.9. The average molecular weight is 711 g/mol. The van der Waals surface area contributed by atoms with Crippen LogP contribution in [0.25, 0.3) is 21.8 Å². The second-order valence-electron chi connectivity index (χ2n) is 15.3. The van der Waals surface area contributed by atoms with E-state index in [2.05, 4.69) is 93.2 Å². The van der Waals surface area contributed by atoms with Crippen molar-refractivity contribution in [3.05, 3.63) is 156 Å². The van der Waals surface area contributed by atoms with Crippen LogP contribution < -0.4 is 11.1 Å². The highest BCUT2D eigenvalue weighted by atomic mass is 16.4. The zero-order chi connectivity index (χ0) is 38.4. The lowest BCUT2D eigenvalue weighted by Gasteiger charge is -2.33. The molecule has 7 heteroatoms. The molecule has 6 aromatic rings. The summed E-state index contributed by atoms with van der Waals surface area (Å²) in [5.41, 5.74) is 11.0. The molecule has 0 radical (unpaired) electrons. The van der Waals surface area contributed by atoms with Crippen molar-refractivity contribution in [3.63, 3.8) is 0 Å². The van der Waals surface area contributed by atoms with Gasteiger partial charge in [-0.15, -0.1) is 0 Å². The molecule has 0 spiro atoms. The van der Waals surface area contributed by atoms with E-state index in [1.165, 1.54) is 17.3 Å². The molecule has 4 aromatic carbocycles. The van der Waals surface area contributed by atoms with Crippen LogP contribution in [0.1, 0.15) is 86.2 Å². The highest BCUT2D eigenvalue weighted by Gasteiger charge is 2.28. The minimum absolute atomic E-state index is 0.0673. The maximum atomic E-state index is 12.9. The Kier molecular flexibility index (Phi) is 14.4. The van der Waals surface area contributed by atoms with Crippen LogP contribution in [-0.2, 0) is 12.8 Å². The molecule has 7 nitrogen and oxygen atoms in total. The minimum atomic E-state index is -0.946. The van der Waals surface area contributed by atoms with Gasteiger partial charge in [0.2, 0.25) is 0 Å². The van der Waals surface area contributed by atoms with E-state index >= 15 is 0 Å². The first-order chi connectivity index (χ1) is 25.2. The van der Waals surface area contributed by atoms with Gasteiger partial charge >= 0.3 is 5.97 Å². The van der Waals surface area contributed by atoms with E-state index in [0.29, 0.717) is 17.4 Å². The SMILES string of the molecule is CC(C)CC(C)(Cc1ccccc1)NC(=O)c1cnc2ccccc2c1.CC(C)CC(C)(N)Cc1ccccc1.O=C(O)c1cnc2ccccc2c1. The summed E-state index contributed by atoms with van der Waals surface area (Å²) in [6.45, 7) is 13.1. The molecule has 0 saturated carbocycles. The molecule has 2 heterocycles. The smallest absolute Gasteiger partial charge is 0.337 e. The minimum Gasteiger partial charge on any atom is -0.478 e. The zero-order valence-electron chi connectivity index (χ0n) is 31.9. The van der Waals surface area contributed by atoms with E-state index in [1.807, 2.05) is 78.9 Å². The third-order valence-corrected chi connectivity index (χ3v) is 8.73. The maximum Gasteiger partial charge on any atom is 0.337 e. The predicted octanol–water partition coefficient (Wildman–Crippen LogP) is 9.94. The van der Waals surface area contributed by atoms with Crippen LogP contribution in [0.5, 0.6) is 0 Å². The Labute approximate surface area is 314 Å². The van der Waals surface area contributed by atoms with Gasteiger partial charge in [-0.3, -0.25) is 14.8 Å². The molecule has 0 saturated heterocycles. The molecule has 53 heavy (non-hydrogen) atoms. The lowest BCUT2D eigenvalue weighted by atomic mass is 9.84. The van der Waals surface area contributed by atoms with Crippen molar-refractivity contribution >= 4 is 33.7 Å². The van der Waals surface area contributed by atoms with E-state index in [9.17, 15) is 9.59 Å². The van der Waals surface area contributed by atoms with Gasteiger partial charge in [-0.2, -0.15) is 0 Å². The number of benzene rings is 4. The lowest BCUT2D eigenvalue weighted by Crippen LogP contribution is -2.48. The Morgan fingerprint density at radius 2 is 1.08 bits per heavy atom. The third-order valence-electron chi connectivity index (χ3n) is 8.73. The number of nitrogens with two attached hydrogens (primary N) is 1. The van der Waals surface area contributed by atoms with Crippen LogP contribution in [-0.4, -0.2) is 38.0 Å². The highest BCUT2D eigenvalue weighted by molar-refractivity contribution is 5.97. The van der Waals surface area contributed by atoms with Crippen LogP contribution in [0.2, 0.25) is 0 Å². The summed E-state index contributed by atoms with van der Waals surface area (Å²) in [7, 11) is 0. The summed E-state index contributed by atoms with van der Waals surface area (Å²) in [6.07, 6.45) is 6.78. The first kappa shape index (κ1) is 40.4. The van der Waals surface area contributed by atoms with Gasteiger partial charge in [0.05, 0.1) is 22.2 Å². The van der Waals surface area contributed by atoms with Crippen molar-refractivity contribution in [1.29, 1.82) is 0 Å². The first-order valence-electron chi connectivity index (χ1n) is 18.3. The van der Waals surface area contributed by atoms with Gasteiger partial charge in [0, 0.05) is 34.2 Å². The zero-order valence-corrected chi connectivity index (χ0v) is 31.9. The van der Waals surface area contributed by atoms with E-state index in [-0.39, 0.29) is 22.5 Å².